The van der Waals surface area contributed by atoms with Crippen LogP contribution in [0.4, 0.5) is 0 Å². The zero-order valence-corrected chi connectivity index (χ0v) is 22.9. The molecule has 2 rings (SSSR count). The second kappa shape index (κ2) is 12.9. The van der Waals surface area contributed by atoms with Crippen LogP contribution in [0.5, 0.6) is 0 Å². The van der Waals surface area contributed by atoms with Crippen LogP contribution in [-0.2, 0) is 17.1 Å². The summed E-state index contributed by atoms with van der Waals surface area (Å²) in [5.41, 5.74) is 2.00. The maximum Gasteiger partial charge on any atom is 0 e. The molecule has 0 amide bonds. The molecule has 164 valence electrons. The first-order chi connectivity index (χ1) is 12.0. The van der Waals surface area contributed by atoms with Gasteiger partial charge in [-0.05, 0) is 52.7 Å². The van der Waals surface area contributed by atoms with E-state index in [1.54, 1.807) is 0 Å². The Kier molecular flexibility index (Phi) is 13.6. The molecule has 2 aliphatic carbocycles. The Morgan fingerprint density at radius 3 is 1.48 bits per heavy atom. The van der Waals surface area contributed by atoms with Gasteiger partial charge in [0.2, 0.25) is 0 Å². The minimum atomic E-state index is 0. The van der Waals surface area contributed by atoms with Crippen LogP contribution in [0, 0.1) is 5.92 Å². The van der Waals surface area contributed by atoms with Crippen LogP contribution in [0.2, 0.25) is 0 Å². The summed E-state index contributed by atoms with van der Waals surface area (Å²) < 4.78 is 0. The molecule has 2 aliphatic rings. The Hall–Kier alpha value is 1.38. The zero-order chi connectivity index (χ0) is 20.0. The molecule has 0 aromatic heterocycles. The standard InChI is InChI=1S/C19H40P2.C5H10.Fe/c1-10-20(11-2)17-14-12-13-16(17)15(3)21(18(4,5)6)19(7,8)9;1-2-4-5-3-1;/h15-17H,10-14H2,1-9H3;1-5H2;. The summed E-state index contributed by atoms with van der Waals surface area (Å²) in [6.45, 7) is 22.4. The minimum absolute atomic E-state index is 0. The number of hydrogen-bond donors (Lipinski definition) is 0. The minimum Gasteiger partial charge on any atom is -0.104 e. The molecule has 0 spiro atoms. The van der Waals surface area contributed by atoms with Crippen molar-refractivity contribution in [2.45, 2.75) is 135 Å². The van der Waals surface area contributed by atoms with Crippen LogP contribution in [-0.4, -0.2) is 34.0 Å². The first-order valence-electron chi connectivity index (χ1n) is 11.6. The Bertz CT molecular complexity index is 353. The van der Waals surface area contributed by atoms with Crippen LogP contribution in [0.15, 0.2) is 0 Å². The SMILES string of the molecule is C1CCCC1.CCP(CC)C1CCCC1C(C)P(C(C)(C)C)C(C)(C)C.[Fe]. The number of rotatable bonds is 5. The molecule has 0 nitrogen and oxygen atoms in total. The van der Waals surface area contributed by atoms with Gasteiger partial charge in [0.15, 0.2) is 0 Å². The molecule has 2 fully saturated rings. The van der Waals surface area contributed by atoms with Gasteiger partial charge < -0.3 is 0 Å². The van der Waals surface area contributed by atoms with Crippen molar-refractivity contribution in [1.29, 1.82) is 0 Å². The Balaban J connectivity index is 0.000000969. The summed E-state index contributed by atoms with van der Waals surface area (Å²) in [4.78, 5) is 0. The second-order valence-corrected chi connectivity index (χ2v) is 17.9. The second-order valence-electron chi connectivity index (χ2n) is 10.6. The third kappa shape index (κ3) is 8.95. The third-order valence-electron chi connectivity index (χ3n) is 6.54. The molecule has 0 saturated heterocycles. The van der Waals surface area contributed by atoms with Gasteiger partial charge in [-0.1, -0.05) is 109 Å². The Labute approximate surface area is 186 Å². The molecule has 3 unspecified atom stereocenters. The van der Waals surface area contributed by atoms with E-state index in [1.807, 2.05) is 0 Å². The van der Waals surface area contributed by atoms with E-state index in [1.165, 1.54) is 63.7 Å². The van der Waals surface area contributed by atoms with Crippen molar-refractivity contribution in [3.8, 4) is 0 Å². The molecule has 27 heavy (non-hydrogen) atoms. The quantitative estimate of drug-likeness (QED) is 0.286. The van der Waals surface area contributed by atoms with E-state index in [9.17, 15) is 0 Å². The zero-order valence-electron chi connectivity index (χ0n) is 20.1. The fourth-order valence-electron chi connectivity index (χ4n) is 5.98. The van der Waals surface area contributed by atoms with Crippen LogP contribution in [0.1, 0.15) is 114 Å². The molecule has 2 saturated carbocycles. The van der Waals surface area contributed by atoms with E-state index >= 15 is 0 Å². The fourth-order valence-corrected chi connectivity index (χ4v) is 14.2. The predicted octanol–water partition coefficient (Wildman–Crippen LogP) is 9.09. The van der Waals surface area contributed by atoms with Crippen LogP contribution < -0.4 is 0 Å². The van der Waals surface area contributed by atoms with Crippen molar-refractivity contribution < 1.29 is 17.1 Å². The van der Waals surface area contributed by atoms with Crippen molar-refractivity contribution in [3.63, 3.8) is 0 Å². The molecule has 0 radical (unpaired) electrons. The molecule has 0 aromatic rings. The van der Waals surface area contributed by atoms with E-state index in [4.69, 9.17) is 0 Å². The molecule has 3 heteroatoms. The molecular formula is C24H50FeP2. The van der Waals surface area contributed by atoms with Gasteiger partial charge in [0.25, 0.3) is 0 Å². The van der Waals surface area contributed by atoms with Crippen LogP contribution in [0.3, 0.4) is 0 Å². The van der Waals surface area contributed by atoms with E-state index < -0.39 is 0 Å². The molecule has 0 N–H and O–H groups in total. The summed E-state index contributed by atoms with van der Waals surface area (Å²) in [6.07, 6.45) is 14.9. The summed E-state index contributed by atoms with van der Waals surface area (Å²) in [7, 11) is 0.319. The summed E-state index contributed by atoms with van der Waals surface area (Å²) in [6, 6.07) is 0. The van der Waals surface area contributed by atoms with Gasteiger partial charge >= 0.3 is 0 Å². The van der Waals surface area contributed by atoms with Gasteiger partial charge in [0.1, 0.15) is 0 Å². The average molecular weight is 456 g/mol. The topological polar surface area (TPSA) is 0 Å². The predicted molar refractivity (Wildman–Crippen MR) is 128 cm³/mol. The normalized spacial score (nSPS) is 24.6. The van der Waals surface area contributed by atoms with Crippen molar-refractivity contribution in [2.24, 2.45) is 5.92 Å². The maximum absolute atomic E-state index is 2.62. The molecule has 0 aliphatic heterocycles. The monoisotopic (exact) mass is 456 g/mol. The summed E-state index contributed by atoms with van der Waals surface area (Å²) >= 11 is 0. The smallest absolute Gasteiger partial charge is 0 e. The molecule has 3 atom stereocenters. The Morgan fingerprint density at radius 2 is 1.15 bits per heavy atom. The third-order valence-corrected chi connectivity index (χ3v) is 13.8. The molecular weight excluding hydrogens is 406 g/mol. The molecule has 0 aromatic carbocycles. The van der Waals surface area contributed by atoms with E-state index in [2.05, 4.69) is 62.3 Å². The van der Waals surface area contributed by atoms with Gasteiger partial charge in [-0.15, -0.1) is 7.92 Å². The van der Waals surface area contributed by atoms with Gasteiger partial charge in [-0.2, -0.15) is 0 Å². The van der Waals surface area contributed by atoms with Gasteiger partial charge in [0, 0.05) is 17.1 Å². The maximum atomic E-state index is 2.62. The van der Waals surface area contributed by atoms with E-state index in [0.29, 0.717) is 10.3 Å². The first kappa shape index (κ1) is 28.4. The van der Waals surface area contributed by atoms with E-state index in [0.717, 1.165) is 17.2 Å². The molecule has 0 heterocycles. The fraction of sp³-hybridized carbons (Fsp3) is 1.00. The van der Waals surface area contributed by atoms with Gasteiger partial charge in [-0.25, -0.2) is 0 Å². The molecule has 0 bridgehead atoms. The first-order valence-corrected chi connectivity index (χ1v) is 14.8. The van der Waals surface area contributed by atoms with Crippen LogP contribution in [0.25, 0.3) is 0 Å². The number of hydrogen-bond acceptors (Lipinski definition) is 0. The summed E-state index contributed by atoms with van der Waals surface area (Å²) in [5, 5.41) is 0.947. The van der Waals surface area contributed by atoms with Crippen LogP contribution >= 0.6 is 15.8 Å². The Morgan fingerprint density at radius 1 is 0.741 bits per heavy atom. The van der Waals surface area contributed by atoms with Crippen molar-refractivity contribution >= 4 is 15.8 Å². The average Bonchev–Trinajstić information content (AvgIpc) is 3.20. The van der Waals surface area contributed by atoms with Crippen molar-refractivity contribution in [2.75, 3.05) is 12.3 Å². The van der Waals surface area contributed by atoms with Gasteiger partial charge in [0.05, 0.1) is 0 Å². The van der Waals surface area contributed by atoms with Crippen molar-refractivity contribution in [1.82, 2.24) is 0 Å². The van der Waals surface area contributed by atoms with Gasteiger partial charge in [-0.3, -0.25) is 0 Å². The summed E-state index contributed by atoms with van der Waals surface area (Å²) in [5.74, 6) is 1.01. The largest absolute Gasteiger partial charge is 0.104 e. The van der Waals surface area contributed by atoms with Crippen molar-refractivity contribution in [3.05, 3.63) is 0 Å². The van der Waals surface area contributed by atoms with E-state index in [-0.39, 0.29) is 32.9 Å².